The number of hydrogen-bond acceptors (Lipinski definition) is 4. The van der Waals surface area contributed by atoms with Gasteiger partial charge in [-0.15, -0.1) is 24.0 Å². The number of anilines is 1. The van der Waals surface area contributed by atoms with Crippen molar-refractivity contribution in [3.8, 4) is 0 Å². The van der Waals surface area contributed by atoms with Gasteiger partial charge in [0.25, 0.3) is 0 Å². The van der Waals surface area contributed by atoms with E-state index >= 15 is 0 Å². The van der Waals surface area contributed by atoms with Crippen LogP contribution in [-0.4, -0.2) is 29.9 Å². The molecule has 9 heteroatoms. The van der Waals surface area contributed by atoms with Gasteiger partial charge in [0.2, 0.25) is 11.8 Å². The predicted octanol–water partition coefficient (Wildman–Crippen LogP) is 2.74. The van der Waals surface area contributed by atoms with Crippen LogP contribution in [0.5, 0.6) is 0 Å². The molecule has 0 bridgehead atoms. The molecule has 0 fully saturated rings. The van der Waals surface area contributed by atoms with Crippen molar-refractivity contribution in [1.29, 1.82) is 0 Å². The molecule has 0 unspecified atom stereocenters. The first-order chi connectivity index (χ1) is 12.0. The van der Waals surface area contributed by atoms with Crippen LogP contribution in [0.15, 0.2) is 33.7 Å². The number of aliphatic imine (C=N–C) groups is 1. The lowest BCUT2D eigenvalue weighted by atomic mass is 10.3. The number of aryl methyl sites for hydroxylation is 2. The van der Waals surface area contributed by atoms with E-state index in [0.717, 1.165) is 11.5 Å². The monoisotopic (exact) mass is 475 g/mol. The van der Waals surface area contributed by atoms with E-state index in [4.69, 9.17) is 4.42 Å². The molecule has 0 atom stereocenters. The van der Waals surface area contributed by atoms with E-state index in [1.54, 1.807) is 0 Å². The van der Waals surface area contributed by atoms with Gasteiger partial charge < -0.3 is 20.4 Å². The summed E-state index contributed by atoms with van der Waals surface area (Å²) in [5, 5.41) is 8.75. The number of amides is 1. The van der Waals surface area contributed by atoms with Gasteiger partial charge in [-0.2, -0.15) is 0 Å². The van der Waals surface area contributed by atoms with Crippen LogP contribution >= 0.6 is 24.0 Å². The molecule has 0 saturated carbocycles. The molecule has 2 rings (SSSR count). The minimum absolute atomic E-state index is 0. The molecular weight excluding hydrogens is 452 g/mol. The molecular formula is C17H23FIN5O2. The molecule has 0 spiro atoms. The van der Waals surface area contributed by atoms with Crippen molar-refractivity contribution < 1.29 is 13.6 Å². The zero-order valence-corrected chi connectivity index (χ0v) is 17.3. The molecule has 1 amide bonds. The van der Waals surface area contributed by atoms with Gasteiger partial charge in [-0.25, -0.2) is 14.4 Å². The van der Waals surface area contributed by atoms with Crippen LogP contribution in [0.1, 0.15) is 24.3 Å². The lowest BCUT2D eigenvalue weighted by Gasteiger charge is -2.10. The lowest BCUT2D eigenvalue weighted by Crippen LogP contribution is -2.37. The molecule has 3 N–H and O–H groups in total. The number of oxazole rings is 1. The fraction of sp³-hybridized carbons (Fsp3) is 0.353. The highest BCUT2D eigenvalue weighted by Gasteiger charge is 2.07. The minimum atomic E-state index is -0.355. The standard InChI is InChI=1S/C17H22FN5O2.HI/c1-4-19-17(21-10-16-22-11(2)12(3)25-16)20-9-15(24)23-14-7-5-13(18)6-8-14;/h5-8H,4,9-10H2,1-3H3,(H,23,24)(H2,19,20,21);1H. The Morgan fingerprint density at radius 2 is 1.92 bits per heavy atom. The summed E-state index contributed by atoms with van der Waals surface area (Å²) < 4.78 is 18.3. The SMILES string of the molecule is CCNC(=NCC(=O)Nc1ccc(F)cc1)NCc1nc(C)c(C)o1.I. The van der Waals surface area contributed by atoms with Crippen LogP contribution in [-0.2, 0) is 11.3 Å². The van der Waals surface area contributed by atoms with Gasteiger partial charge in [-0.3, -0.25) is 4.79 Å². The van der Waals surface area contributed by atoms with E-state index in [0.29, 0.717) is 30.6 Å². The fourth-order valence-corrected chi connectivity index (χ4v) is 2.00. The number of halogens is 2. The molecule has 26 heavy (non-hydrogen) atoms. The quantitative estimate of drug-likeness (QED) is 0.340. The molecule has 142 valence electrons. The van der Waals surface area contributed by atoms with Gasteiger partial charge in [-0.05, 0) is 45.0 Å². The van der Waals surface area contributed by atoms with Crippen molar-refractivity contribution in [2.24, 2.45) is 4.99 Å². The molecule has 0 aliphatic heterocycles. The Morgan fingerprint density at radius 3 is 2.50 bits per heavy atom. The zero-order chi connectivity index (χ0) is 18.2. The Bertz CT molecular complexity index is 727. The highest BCUT2D eigenvalue weighted by Crippen LogP contribution is 2.08. The highest BCUT2D eigenvalue weighted by atomic mass is 127. The zero-order valence-electron chi connectivity index (χ0n) is 14.9. The number of rotatable bonds is 6. The number of hydrogen-bond donors (Lipinski definition) is 3. The van der Waals surface area contributed by atoms with Gasteiger partial charge >= 0.3 is 0 Å². The second kappa shape index (κ2) is 10.7. The molecule has 0 radical (unpaired) electrons. The largest absolute Gasteiger partial charge is 0.444 e. The van der Waals surface area contributed by atoms with Crippen LogP contribution < -0.4 is 16.0 Å². The highest BCUT2D eigenvalue weighted by molar-refractivity contribution is 14.0. The van der Waals surface area contributed by atoms with Crippen molar-refractivity contribution in [2.75, 3.05) is 18.4 Å². The molecule has 1 aromatic heterocycles. The third-order valence-electron chi connectivity index (χ3n) is 3.33. The topological polar surface area (TPSA) is 91.5 Å². The molecule has 1 aromatic carbocycles. The number of aromatic nitrogens is 1. The van der Waals surface area contributed by atoms with Crippen molar-refractivity contribution in [3.63, 3.8) is 0 Å². The van der Waals surface area contributed by atoms with E-state index < -0.39 is 0 Å². The maximum Gasteiger partial charge on any atom is 0.246 e. The average Bonchev–Trinajstić information content (AvgIpc) is 2.90. The number of nitrogens with one attached hydrogen (secondary N) is 3. The summed E-state index contributed by atoms with van der Waals surface area (Å²) in [4.78, 5) is 20.4. The minimum Gasteiger partial charge on any atom is -0.444 e. The van der Waals surface area contributed by atoms with Gasteiger partial charge in [0.15, 0.2) is 5.96 Å². The Morgan fingerprint density at radius 1 is 1.23 bits per heavy atom. The van der Waals surface area contributed by atoms with Gasteiger partial charge in [0, 0.05) is 12.2 Å². The summed E-state index contributed by atoms with van der Waals surface area (Å²) in [7, 11) is 0. The molecule has 7 nitrogen and oxygen atoms in total. The fourth-order valence-electron chi connectivity index (χ4n) is 2.00. The third-order valence-corrected chi connectivity index (χ3v) is 3.33. The number of benzene rings is 1. The Hall–Kier alpha value is -2.17. The lowest BCUT2D eigenvalue weighted by molar-refractivity contribution is -0.114. The van der Waals surface area contributed by atoms with Crippen molar-refractivity contribution >= 4 is 41.5 Å². The van der Waals surface area contributed by atoms with E-state index in [-0.39, 0.29) is 42.2 Å². The number of carbonyl (C=O) groups is 1. The molecule has 0 aliphatic rings. The predicted molar refractivity (Wildman–Crippen MR) is 109 cm³/mol. The van der Waals surface area contributed by atoms with E-state index in [1.165, 1.54) is 24.3 Å². The first kappa shape index (κ1) is 21.9. The first-order valence-electron chi connectivity index (χ1n) is 7.98. The summed E-state index contributed by atoms with van der Waals surface area (Å²) in [6.45, 7) is 6.59. The second-order valence-corrected chi connectivity index (χ2v) is 5.35. The van der Waals surface area contributed by atoms with Crippen molar-refractivity contribution in [3.05, 3.63) is 47.4 Å². The Kier molecular flexibility index (Phi) is 9.03. The summed E-state index contributed by atoms with van der Waals surface area (Å²) in [5.74, 6) is 1.15. The Balaban J connectivity index is 0.00000338. The second-order valence-electron chi connectivity index (χ2n) is 5.35. The summed E-state index contributed by atoms with van der Waals surface area (Å²) in [5.41, 5.74) is 1.36. The molecule has 0 aliphatic carbocycles. The van der Waals surface area contributed by atoms with Crippen molar-refractivity contribution in [1.82, 2.24) is 15.6 Å². The summed E-state index contributed by atoms with van der Waals surface area (Å²) in [6, 6.07) is 5.55. The van der Waals surface area contributed by atoms with Crippen LogP contribution in [0.3, 0.4) is 0 Å². The van der Waals surface area contributed by atoms with E-state index in [9.17, 15) is 9.18 Å². The maximum atomic E-state index is 12.9. The molecule has 0 saturated heterocycles. The first-order valence-corrected chi connectivity index (χ1v) is 7.98. The van der Waals surface area contributed by atoms with Crippen LogP contribution in [0.4, 0.5) is 10.1 Å². The van der Waals surface area contributed by atoms with Gasteiger partial charge in [-0.1, -0.05) is 0 Å². The van der Waals surface area contributed by atoms with Crippen LogP contribution in [0.2, 0.25) is 0 Å². The van der Waals surface area contributed by atoms with E-state index in [2.05, 4.69) is 25.9 Å². The molecule has 1 heterocycles. The van der Waals surface area contributed by atoms with E-state index in [1.807, 2.05) is 20.8 Å². The maximum absolute atomic E-state index is 12.9. The van der Waals surface area contributed by atoms with Crippen LogP contribution in [0.25, 0.3) is 0 Å². The number of carbonyl (C=O) groups excluding carboxylic acids is 1. The number of guanidine groups is 1. The summed E-state index contributed by atoms with van der Waals surface area (Å²) >= 11 is 0. The Labute approximate surface area is 168 Å². The number of nitrogens with zero attached hydrogens (tertiary/aromatic N) is 2. The summed E-state index contributed by atoms with van der Waals surface area (Å²) in [6.07, 6.45) is 0. The average molecular weight is 475 g/mol. The molecule has 2 aromatic rings. The van der Waals surface area contributed by atoms with Crippen molar-refractivity contribution in [2.45, 2.75) is 27.3 Å². The normalized spacial score (nSPS) is 10.8. The smallest absolute Gasteiger partial charge is 0.246 e. The third kappa shape index (κ3) is 6.98. The van der Waals surface area contributed by atoms with Gasteiger partial charge in [0.05, 0.1) is 12.2 Å². The van der Waals surface area contributed by atoms with Crippen LogP contribution in [0, 0.1) is 19.7 Å². The van der Waals surface area contributed by atoms with Gasteiger partial charge in [0.1, 0.15) is 18.1 Å².